The molecule has 144 valence electrons. The second-order valence-corrected chi connectivity index (χ2v) is 6.23. The topological polar surface area (TPSA) is 132 Å². The number of aromatic nitrogens is 2. The quantitative estimate of drug-likeness (QED) is 0.401. The lowest BCUT2D eigenvalue weighted by Crippen LogP contribution is -2.08. The van der Waals surface area contributed by atoms with Crippen molar-refractivity contribution in [3.8, 4) is 23.6 Å². The number of benzene rings is 2. The summed E-state index contributed by atoms with van der Waals surface area (Å²) in [6.07, 6.45) is 4.89. The number of ether oxygens (including phenoxy) is 2. The lowest BCUT2D eigenvalue weighted by Gasteiger charge is -2.01. The molecule has 2 aromatic carbocycles. The number of rotatable bonds is 4. The summed E-state index contributed by atoms with van der Waals surface area (Å²) in [5.74, 6) is -1.07. The van der Waals surface area contributed by atoms with E-state index in [9.17, 15) is 9.59 Å². The Morgan fingerprint density at radius 2 is 1.20 bits per heavy atom. The minimum atomic E-state index is -0.777. The molecule has 8 nitrogen and oxygen atoms in total. The van der Waals surface area contributed by atoms with E-state index in [1.807, 2.05) is 12.1 Å². The minimum Gasteiger partial charge on any atom is -0.421 e. The van der Waals surface area contributed by atoms with E-state index in [1.54, 1.807) is 36.4 Å². The Balaban J connectivity index is 1.45. The Kier molecular flexibility index (Phi) is 4.73. The molecule has 8 heteroatoms. The molecule has 0 unspecified atom stereocenters. The first-order chi connectivity index (χ1) is 14.6. The van der Waals surface area contributed by atoms with Gasteiger partial charge in [0.15, 0.2) is 11.5 Å². The first kappa shape index (κ1) is 18.5. The molecule has 0 aliphatic heterocycles. The Morgan fingerprint density at radius 1 is 0.767 bits per heavy atom. The summed E-state index contributed by atoms with van der Waals surface area (Å²) < 4.78 is 10.5. The molecule has 0 aliphatic carbocycles. The van der Waals surface area contributed by atoms with Gasteiger partial charge in [-0.05, 0) is 36.4 Å². The summed E-state index contributed by atoms with van der Waals surface area (Å²) in [5, 5.41) is 19.2. The van der Waals surface area contributed by atoms with Crippen LogP contribution in [0.1, 0.15) is 11.1 Å². The maximum absolute atomic E-state index is 12.1. The molecule has 2 aromatic heterocycles. The van der Waals surface area contributed by atoms with Gasteiger partial charge in [-0.15, -0.1) is 0 Å². The highest BCUT2D eigenvalue weighted by Gasteiger charge is 2.11. The number of hydrogen-bond donors (Lipinski definition) is 2. The normalized spacial score (nSPS) is 10.7. The molecule has 0 bridgehead atoms. The standard InChI is InChI=1S/C22H12N4O4/c23-9-13-1-3-17-15(7-13)19(11-25-17)29-21(27)5-6-22(28)30-20-12-26-18-4-2-14(10-24)8-16(18)20/h1-8,11-12,25-26H/b6-5+. The fraction of sp³-hybridized carbons (Fsp3) is 0. The molecule has 30 heavy (non-hydrogen) atoms. The van der Waals surface area contributed by atoms with E-state index >= 15 is 0 Å². The second-order valence-electron chi connectivity index (χ2n) is 6.23. The summed E-state index contributed by atoms with van der Waals surface area (Å²) in [5.41, 5.74) is 2.26. The monoisotopic (exact) mass is 396 g/mol. The number of fused-ring (bicyclic) bond motifs is 2. The fourth-order valence-corrected chi connectivity index (χ4v) is 2.92. The number of aromatic amines is 2. The highest BCUT2D eigenvalue weighted by molar-refractivity contribution is 5.97. The number of carbonyl (C=O) groups is 2. The number of carbonyl (C=O) groups excluding carboxylic acids is 2. The van der Waals surface area contributed by atoms with Crippen LogP contribution in [0.3, 0.4) is 0 Å². The van der Waals surface area contributed by atoms with Gasteiger partial charge in [0, 0.05) is 46.4 Å². The molecular formula is C22H12N4O4. The van der Waals surface area contributed by atoms with Gasteiger partial charge in [0.05, 0.1) is 23.3 Å². The van der Waals surface area contributed by atoms with Crippen LogP contribution in [0, 0.1) is 22.7 Å². The maximum Gasteiger partial charge on any atom is 0.336 e. The zero-order chi connectivity index (χ0) is 21.1. The van der Waals surface area contributed by atoms with Crippen molar-refractivity contribution in [2.45, 2.75) is 0 Å². The van der Waals surface area contributed by atoms with Crippen molar-refractivity contribution in [3.05, 3.63) is 72.1 Å². The van der Waals surface area contributed by atoms with Crippen LogP contribution in [-0.4, -0.2) is 21.9 Å². The van der Waals surface area contributed by atoms with Gasteiger partial charge in [0.1, 0.15) is 0 Å². The van der Waals surface area contributed by atoms with Crippen LogP contribution in [0.5, 0.6) is 11.5 Å². The molecule has 0 amide bonds. The highest BCUT2D eigenvalue weighted by atomic mass is 16.5. The average Bonchev–Trinajstić information content (AvgIpc) is 3.35. The molecule has 0 atom stereocenters. The van der Waals surface area contributed by atoms with Gasteiger partial charge in [-0.25, -0.2) is 9.59 Å². The van der Waals surface area contributed by atoms with E-state index in [2.05, 4.69) is 9.97 Å². The van der Waals surface area contributed by atoms with Gasteiger partial charge >= 0.3 is 11.9 Å². The van der Waals surface area contributed by atoms with Crippen LogP contribution >= 0.6 is 0 Å². The largest absolute Gasteiger partial charge is 0.421 e. The molecular weight excluding hydrogens is 384 g/mol. The van der Waals surface area contributed by atoms with Crippen molar-refractivity contribution in [3.63, 3.8) is 0 Å². The van der Waals surface area contributed by atoms with Gasteiger partial charge in [-0.3, -0.25) is 0 Å². The lowest BCUT2D eigenvalue weighted by atomic mass is 10.2. The van der Waals surface area contributed by atoms with Gasteiger partial charge in [-0.1, -0.05) is 0 Å². The van der Waals surface area contributed by atoms with E-state index in [4.69, 9.17) is 20.0 Å². The van der Waals surface area contributed by atoms with E-state index in [1.165, 1.54) is 12.4 Å². The van der Waals surface area contributed by atoms with E-state index < -0.39 is 11.9 Å². The Hall–Kier alpha value is -4.82. The molecule has 4 rings (SSSR count). The van der Waals surface area contributed by atoms with Crippen molar-refractivity contribution < 1.29 is 19.1 Å². The smallest absolute Gasteiger partial charge is 0.336 e. The molecule has 0 radical (unpaired) electrons. The van der Waals surface area contributed by atoms with Crippen LogP contribution in [-0.2, 0) is 9.59 Å². The summed E-state index contributed by atoms with van der Waals surface area (Å²) in [4.78, 5) is 30.0. The van der Waals surface area contributed by atoms with Gasteiger partial charge in [0.2, 0.25) is 0 Å². The first-order valence-corrected chi connectivity index (χ1v) is 8.71. The van der Waals surface area contributed by atoms with Crippen molar-refractivity contribution in [1.29, 1.82) is 10.5 Å². The molecule has 4 aromatic rings. The predicted octanol–water partition coefficient (Wildman–Crippen LogP) is 3.46. The van der Waals surface area contributed by atoms with Crippen LogP contribution in [0.15, 0.2) is 60.9 Å². The van der Waals surface area contributed by atoms with Crippen LogP contribution < -0.4 is 9.47 Å². The maximum atomic E-state index is 12.1. The number of nitriles is 2. The third-order valence-corrected chi connectivity index (χ3v) is 4.32. The minimum absolute atomic E-state index is 0.241. The van der Waals surface area contributed by atoms with Crippen LogP contribution in [0.4, 0.5) is 0 Å². The van der Waals surface area contributed by atoms with Crippen LogP contribution in [0.25, 0.3) is 21.8 Å². The average molecular weight is 396 g/mol. The SMILES string of the molecule is N#Cc1ccc2[nH]cc(OC(=O)/C=C/C(=O)Oc3c[nH]c4ccc(C#N)cc34)c2c1. The zero-order valence-electron chi connectivity index (χ0n) is 15.3. The lowest BCUT2D eigenvalue weighted by molar-refractivity contribution is -0.131. The third kappa shape index (κ3) is 3.61. The molecule has 0 saturated carbocycles. The molecule has 0 saturated heterocycles. The molecule has 0 aliphatic rings. The molecule has 0 fully saturated rings. The fourth-order valence-electron chi connectivity index (χ4n) is 2.92. The molecule has 0 spiro atoms. The first-order valence-electron chi connectivity index (χ1n) is 8.71. The Bertz CT molecular complexity index is 1300. The van der Waals surface area contributed by atoms with Crippen molar-refractivity contribution >= 4 is 33.7 Å². The number of esters is 2. The van der Waals surface area contributed by atoms with Gasteiger partial charge < -0.3 is 19.4 Å². The third-order valence-electron chi connectivity index (χ3n) is 4.32. The van der Waals surface area contributed by atoms with Crippen molar-refractivity contribution in [2.24, 2.45) is 0 Å². The molecule has 2 N–H and O–H groups in total. The summed E-state index contributed by atoms with van der Waals surface area (Å²) in [6, 6.07) is 13.9. The Morgan fingerprint density at radius 3 is 1.60 bits per heavy atom. The number of nitrogens with zero attached hydrogens (tertiary/aromatic N) is 2. The summed E-state index contributed by atoms with van der Waals surface area (Å²) in [7, 11) is 0. The second kappa shape index (κ2) is 7.66. The Labute approximate surface area is 169 Å². The number of H-pyrrole nitrogens is 2. The van der Waals surface area contributed by atoms with Crippen molar-refractivity contribution in [2.75, 3.05) is 0 Å². The number of hydrogen-bond acceptors (Lipinski definition) is 6. The zero-order valence-corrected chi connectivity index (χ0v) is 15.3. The summed E-state index contributed by atoms with van der Waals surface area (Å²) >= 11 is 0. The van der Waals surface area contributed by atoms with Crippen LogP contribution in [0.2, 0.25) is 0 Å². The van der Waals surface area contributed by atoms with E-state index in [-0.39, 0.29) is 11.5 Å². The number of nitrogens with one attached hydrogen (secondary N) is 2. The van der Waals surface area contributed by atoms with E-state index in [0.717, 1.165) is 12.2 Å². The van der Waals surface area contributed by atoms with E-state index in [0.29, 0.717) is 32.9 Å². The predicted molar refractivity (Wildman–Crippen MR) is 106 cm³/mol. The summed E-state index contributed by atoms with van der Waals surface area (Å²) in [6.45, 7) is 0. The molecule has 2 heterocycles. The van der Waals surface area contributed by atoms with Crippen molar-refractivity contribution in [1.82, 2.24) is 9.97 Å². The van der Waals surface area contributed by atoms with Gasteiger partial charge in [-0.2, -0.15) is 10.5 Å². The highest BCUT2D eigenvalue weighted by Crippen LogP contribution is 2.27. The van der Waals surface area contributed by atoms with Gasteiger partial charge in [0.25, 0.3) is 0 Å².